The second kappa shape index (κ2) is 12.3. The molecule has 0 saturated carbocycles. The number of phenols is 1. The molecule has 2 aromatic carbocycles. The number of hydrogen-bond acceptors (Lipinski definition) is 5. The molecule has 4 rings (SSSR count). The SMILES string of the molecule is CCC/C(=C\c1ccc(O)c(F)c1)CC[C@@H](O)C1=C(C(C)C)C[C@H]2C(=O)N(c3ccccc3)C(=O)[C@H]2[C@H]1CO. The second-order valence-corrected chi connectivity index (χ2v) is 10.9. The summed E-state index contributed by atoms with van der Waals surface area (Å²) in [5.74, 6) is -3.57. The Morgan fingerprint density at radius 2 is 1.82 bits per heavy atom. The zero-order valence-corrected chi connectivity index (χ0v) is 22.8. The van der Waals surface area contributed by atoms with Crippen LogP contribution in [0.3, 0.4) is 0 Å². The quantitative estimate of drug-likeness (QED) is 0.271. The number of phenolic OH excluding ortho intramolecular Hbond substituents is 1. The van der Waals surface area contributed by atoms with Crippen molar-refractivity contribution in [1.82, 2.24) is 0 Å². The molecule has 0 bridgehead atoms. The zero-order chi connectivity index (χ0) is 28.3. The Balaban J connectivity index is 1.61. The number of para-hydroxylation sites is 1. The van der Waals surface area contributed by atoms with Crippen LogP contribution in [0, 0.1) is 29.5 Å². The number of rotatable bonds is 10. The van der Waals surface area contributed by atoms with E-state index in [1.807, 2.05) is 32.9 Å². The molecule has 1 fully saturated rings. The summed E-state index contributed by atoms with van der Waals surface area (Å²) in [4.78, 5) is 28.3. The number of nitrogens with zero attached hydrogens (tertiary/aromatic N) is 1. The van der Waals surface area contributed by atoms with Gasteiger partial charge in [0.15, 0.2) is 11.6 Å². The van der Waals surface area contributed by atoms with E-state index in [4.69, 9.17) is 0 Å². The molecule has 0 spiro atoms. The van der Waals surface area contributed by atoms with E-state index in [1.165, 1.54) is 17.0 Å². The van der Waals surface area contributed by atoms with Crippen LogP contribution in [0.25, 0.3) is 6.08 Å². The molecule has 2 aromatic rings. The van der Waals surface area contributed by atoms with Gasteiger partial charge in [-0.25, -0.2) is 4.39 Å². The lowest BCUT2D eigenvalue weighted by atomic mass is 9.66. The Bertz CT molecular complexity index is 1270. The first-order chi connectivity index (χ1) is 18.7. The van der Waals surface area contributed by atoms with Gasteiger partial charge in [-0.15, -0.1) is 0 Å². The van der Waals surface area contributed by atoms with Gasteiger partial charge in [0.05, 0.1) is 30.2 Å². The highest BCUT2D eigenvalue weighted by molar-refractivity contribution is 6.22. The minimum Gasteiger partial charge on any atom is -0.505 e. The molecule has 6 nitrogen and oxygen atoms in total. The van der Waals surface area contributed by atoms with Gasteiger partial charge in [-0.05, 0) is 67.0 Å². The topological polar surface area (TPSA) is 98.1 Å². The fourth-order valence-corrected chi connectivity index (χ4v) is 6.19. The van der Waals surface area contributed by atoms with Gasteiger partial charge >= 0.3 is 0 Å². The molecule has 2 aliphatic rings. The molecule has 1 saturated heterocycles. The largest absolute Gasteiger partial charge is 0.505 e. The number of benzene rings is 2. The van der Waals surface area contributed by atoms with Crippen LogP contribution in [0.1, 0.15) is 58.4 Å². The van der Waals surface area contributed by atoms with E-state index >= 15 is 0 Å². The predicted molar refractivity (Wildman–Crippen MR) is 149 cm³/mol. The average molecular weight is 536 g/mol. The maximum absolute atomic E-state index is 13.9. The van der Waals surface area contributed by atoms with Crippen LogP contribution in [-0.2, 0) is 9.59 Å². The second-order valence-electron chi connectivity index (χ2n) is 10.9. The average Bonchev–Trinajstić information content (AvgIpc) is 3.17. The third-order valence-electron chi connectivity index (χ3n) is 8.04. The van der Waals surface area contributed by atoms with Crippen LogP contribution >= 0.6 is 0 Å². The molecule has 2 amide bonds. The predicted octanol–water partition coefficient (Wildman–Crippen LogP) is 5.63. The summed E-state index contributed by atoms with van der Waals surface area (Å²) in [6, 6.07) is 13.1. The first kappa shape index (κ1) is 28.7. The molecule has 0 radical (unpaired) electrons. The van der Waals surface area contributed by atoms with Crippen molar-refractivity contribution in [3.05, 3.63) is 76.6 Å². The molecule has 1 aliphatic carbocycles. The maximum atomic E-state index is 13.9. The number of aliphatic hydroxyl groups excluding tert-OH is 2. The Labute approximate surface area is 229 Å². The molecular weight excluding hydrogens is 497 g/mol. The van der Waals surface area contributed by atoms with Gasteiger partial charge in [-0.1, -0.05) is 68.7 Å². The van der Waals surface area contributed by atoms with E-state index < -0.39 is 35.4 Å². The number of allylic oxidation sites excluding steroid dienone is 2. The van der Waals surface area contributed by atoms with Gasteiger partial charge in [-0.2, -0.15) is 0 Å². The fraction of sp³-hybridized carbons (Fsp3) is 0.438. The molecular formula is C32H38FNO5. The molecule has 1 heterocycles. The summed E-state index contributed by atoms with van der Waals surface area (Å²) >= 11 is 0. The summed E-state index contributed by atoms with van der Waals surface area (Å²) in [5, 5.41) is 31.5. The van der Waals surface area contributed by atoms with Crippen LogP contribution in [0.5, 0.6) is 5.75 Å². The molecule has 4 atom stereocenters. The number of hydrogen-bond donors (Lipinski definition) is 3. The number of carbonyl (C=O) groups excluding carboxylic acids is 2. The number of fused-ring (bicyclic) bond motifs is 1. The molecule has 39 heavy (non-hydrogen) atoms. The summed E-state index contributed by atoms with van der Waals surface area (Å²) in [7, 11) is 0. The van der Waals surface area contributed by atoms with E-state index in [-0.39, 0.29) is 24.3 Å². The molecule has 3 N–H and O–H groups in total. The van der Waals surface area contributed by atoms with Crippen molar-refractivity contribution in [2.45, 2.75) is 59.0 Å². The number of aliphatic hydroxyl groups is 2. The molecule has 0 aromatic heterocycles. The molecule has 1 aliphatic heterocycles. The highest BCUT2D eigenvalue weighted by Crippen LogP contribution is 2.48. The normalized spacial score (nSPS) is 22.6. The third-order valence-corrected chi connectivity index (χ3v) is 8.04. The van der Waals surface area contributed by atoms with Gasteiger partial charge in [0.2, 0.25) is 11.8 Å². The van der Waals surface area contributed by atoms with Gasteiger partial charge < -0.3 is 15.3 Å². The Kier molecular flexibility index (Phi) is 9.03. The summed E-state index contributed by atoms with van der Waals surface area (Å²) in [5.41, 5.74) is 3.80. The minimum absolute atomic E-state index is 0.0314. The number of halogens is 1. The standard InChI is InChI=1S/C32H38FNO5/c1-4-8-20(15-21-12-13-27(36)26(33)16-21)11-14-28(37)29-23(19(2)3)17-24-30(25(29)18-35)32(39)34(31(24)38)22-9-6-5-7-10-22/h5-7,9-10,12-13,15-16,19,24-25,28,30,35-37H,4,8,11,14,17-18H2,1-3H3/b20-15+/t24-,25+,28-,30-/m1/s1. The number of aromatic hydroxyl groups is 1. The van der Waals surface area contributed by atoms with Crippen LogP contribution in [0.15, 0.2) is 65.3 Å². The first-order valence-corrected chi connectivity index (χ1v) is 13.8. The highest BCUT2D eigenvalue weighted by Gasteiger charge is 2.55. The van der Waals surface area contributed by atoms with Crippen molar-refractivity contribution in [2.75, 3.05) is 11.5 Å². The Morgan fingerprint density at radius 1 is 1.10 bits per heavy atom. The zero-order valence-electron chi connectivity index (χ0n) is 22.8. The molecule has 208 valence electrons. The van der Waals surface area contributed by atoms with Gasteiger partial charge in [0.1, 0.15) is 0 Å². The number of carbonyl (C=O) groups is 2. The number of imide groups is 1. The number of amides is 2. The van der Waals surface area contributed by atoms with E-state index in [9.17, 15) is 29.3 Å². The lowest BCUT2D eigenvalue weighted by Gasteiger charge is -2.38. The Morgan fingerprint density at radius 3 is 2.44 bits per heavy atom. The monoisotopic (exact) mass is 535 g/mol. The molecule has 0 unspecified atom stereocenters. The van der Waals surface area contributed by atoms with Crippen molar-refractivity contribution in [3.8, 4) is 5.75 Å². The van der Waals surface area contributed by atoms with Gasteiger partial charge in [0.25, 0.3) is 0 Å². The van der Waals surface area contributed by atoms with Crippen molar-refractivity contribution in [1.29, 1.82) is 0 Å². The third kappa shape index (κ3) is 5.85. The lowest BCUT2D eigenvalue weighted by Crippen LogP contribution is -2.39. The van der Waals surface area contributed by atoms with Gasteiger partial charge in [0, 0.05) is 5.92 Å². The minimum atomic E-state index is -0.897. The van der Waals surface area contributed by atoms with Crippen molar-refractivity contribution < 1.29 is 29.3 Å². The van der Waals surface area contributed by atoms with Crippen LogP contribution in [0.2, 0.25) is 0 Å². The lowest BCUT2D eigenvalue weighted by molar-refractivity contribution is -0.123. The highest BCUT2D eigenvalue weighted by atomic mass is 19.1. The molecule has 7 heteroatoms. The first-order valence-electron chi connectivity index (χ1n) is 13.8. The summed E-state index contributed by atoms with van der Waals surface area (Å²) < 4.78 is 13.9. The van der Waals surface area contributed by atoms with Crippen LogP contribution < -0.4 is 4.90 Å². The smallest absolute Gasteiger partial charge is 0.238 e. The maximum Gasteiger partial charge on any atom is 0.238 e. The fourth-order valence-electron chi connectivity index (χ4n) is 6.19. The van der Waals surface area contributed by atoms with Crippen molar-refractivity contribution in [3.63, 3.8) is 0 Å². The van der Waals surface area contributed by atoms with Crippen molar-refractivity contribution in [2.24, 2.45) is 23.7 Å². The van der Waals surface area contributed by atoms with E-state index in [0.29, 0.717) is 36.1 Å². The summed E-state index contributed by atoms with van der Waals surface area (Å²) in [6.07, 6.45) is 3.91. The van der Waals surface area contributed by atoms with Crippen LogP contribution in [0.4, 0.5) is 10.1 Å². The number of anilines is 1. The van der Waals surface area contributed by atoms with E-state index in [0.717, 1.165) is 24.0 Å². The van der Waals surface area contributed by atoms with E-state index in [2.05, 4.69) is 0 Å². The van der Waals surface area contributed by atoms with Gasteiger partial charge in [-0.3, -0.25) is 14.5 Å². The Hall–Kier alpha value is -3.29. The summed E-state index contributed by atoms with van der Waals surface area (Å²) in [6.45, 7) is 5.73. The van der Waals surface area contributed by atoms with E-state index in [1.54, 1.807) is 30.3 Å². The van der Waals surface area contributed by atoms with Crippen molar-refractivity contribution >= 4 is 23.6 Å². The van der Waals surface area contributed by atoms with Crippen LogP contribution in [-0.4, -0.2) is 39.8 Å².